The summed E-state index contributed by atoms with van der Waals surface area (Å²) in [6.45, 7) is 0.618. The Morgan fingerprint density at radius 2 is 1.84 bits per heavy atom. The Morgan fingerprint density at radius 3 is 2.63 bits per heavy atom. The summed E-state index contributed by atoms with van der Waals surface area (Å²) < 4.78 is 14.7. The van der Waals surface area contributed by atoms with Gasteiger partial charge in [0.25, 0.3) is 0 Å². The van der Waals surface area contributed by atoms with Gasteiger partial charge in [-0.05, 0) is 30.3 Å². The molecule has 3 nitrogen and oxygen atoms in total. The van der Waals surface area contributed by atoms with Crippen molar-refractivity contribution in [2.45, 2.75) is 6.54 Å². The van der Waals surface area contributed by atoms with Gasteiger partial charge in [0.2, 0.25) is 0 Å². The summed E-state index contributed by atoms with van der Waals surface area (Å²) in [5.74, 6) is -0.228. The Morgan fingerprint density at radius 1 is 1.11 bits per heavy atom. The molecule has 0 saturated heterocycles. The van der Waals surface area contributed by atoms with Crippen molar-refractivity contribution in [3.8, 4) is 0 Å². The number of anilines is 1. The van der Waals surface area contributed by atoms with Crippen LogP contribution in [0.5, 0.6) is 0 Å². The second-order valence-electron chi connectivity index (χ2n) is 4.45. The highest BCUT2D eigenvalue weighted by Crippen LogP contribution is 2.18. The molecule has 1 heterocycles. The van der Waals surface area contributed by atoms with Crippen LogP contribution in [0, 0.1) is 5.82 Å². The molecule has 3 rings (SSSR count). The second kappa shape index (κ2) is 4.72. The zero-order valence-electron chi connectivity index (χ0n) is 10.6. The first kappa shape index (κ1) is 11.7. The van der Waals surface area contributed by atoms with Gasteiger partial charge in [0, 0.05) is 18.1 Å². The van der Waals surface area contributed by atoms with Crippen LogP contribution in [0.15, 0.2) is 48.5 Å². The lowest BCUT2D eigenvalue weighted by Crippen LogP contribution is -2.01. The molecular formula is C15H14FN3. The summed E-state index contributed by atoms with van der Waals surface area (Å²) in [5.41, 5.74) is 2.98. The van der Waals surface area contributed by atoms with Crippen LogP contribution in [0.25, 0.3) is 10.9 Å². The van der Waals surface area contributed by atoms with Gasteiger partial charge >= 0.3 is 0 Å². The standard InChI is InChI=1S/C15H14FN3/c1-19-15-5-3-2-4-13(15)14(18-19)10-17-12-8-6-11(16)7-9-12/h2-9,17H,10H2,1H3. The molecule has 0 spiro atoms. The summed E-state index contributed by atoms with van der Waals surface area (Å²) in [4.78, 5) is 0. The average Bonchev–Trinajstić information content (AvgIpc) is 2.76. The monoisotopic (exact) mass is 255 g/mol. The Labute approximate surface area is 110 Å². The smallest absolute Gasteiger partial charge is 0.123 e. The van der Waals surface area contributed by atoms with Crippen molar-refractivity contribution < 1.29 is 4.39 Å². The van der Waals surface area contributed by atoms with Gasteiger partial charge in [0.05, 0.1) is 17.8 Å². The largest absolute Gasteiger partial charge is 0.379 e. The molecule has 19 heavy (non-hydrogen) atoms. The van der Waals surface area contributed by atoms with E-state index in [1.165, 1.54) is 12.1 Å². The van der Waals surface area contributed by atoms with E-state index < -0.39 is 0 Å². The topological polar surface area (TPSA) is 29.9 Å². The maximum absolute atomic E-state index is 12.8. The van der Waals surface area contributed by atoms with Crippen LogP contribution >= 0.6 is 0 Å². The second-order valence-corrected chi connectivity index (χ2v) is 4.45. The predicted octanol–water partition coefficient (Wildman–Crippen LogP) is 3.32. The van der Waals surface area contributed by atoms with Gasteiger partial charge in [-0.25, -0.2) is 4.39 Å². The van der Waals surface area contributed by atoms with Crippen LogP contribution in [-0.4, -0.2) is 9.78 Å². The number of aryl methyl sites for hydroxylation is 1. The molecular weight excluding hydrogens is 241 g/mol. The molecule has 1 aromatic heterocycles. The number of rotatable bonds is 3. The van der Waals surface area contributed by atoms with Crippen molar-refractivity contribution in [2.24, 2.45) is 7.05 Å². The lowest BCUT2D eigenvalue weighted by Gasteiger charge is -2.04. The van der Waals surface area contributed by atoms with E-state index in [-0.39, 0.29) is 5.82 Å². The fraction of sp³-hybridized carbons (Fsp3) is 0.133. The molecule has 0 saturated carbocycles. The molecule has 0 fully saturated rings. The molecule has 0 aliphatic rings. The minimum absolute atomic E-state index is 0.228. The van der Waals surface area contributed by atoms with Gasteiger partial charge in [0.1, 0.15) is 5.82 Å². The van der Waals surface area contributed by atoms with Gasteiger partial charge in [-0.2, -0.15) is 5.10 Å². The summed E-state index contributed by atoms with van der Waals surface area (Å²) in [7, 11) is 1.93. The number of hydrogen-bond acceptors (Lipinski definition) is 2. The molecule has 0 radical (unpaired) electrons. The van der Waals surface area contributed by atoms with E-state index in [1.807, 2.05) is 29.9 Å². The van der Waals surface area contributed by atoms with E-state index in [9.17, 15) is 4.39 Å². The molecule has 0 atom stereocenters. The van der Waals surface area contributed by atoms with Crippen LogP contribution in [0.3, 0.4) is 0 Å². The molecule has 0 unspecified atom stereocenters. The van der Waals surface area contributed by atoms with Crippen molar-refractivity contribution in [3.05, 3.63) is 60.0 Å². The van der Waals surface area contributed by atoms with E-state index >= 15 is 0 Å². The molecule has 0 aliphatic heterocycles. The van der Waals surface area contributed by atoms with E-state index in [0.29, 0.717) is 6.54 Å². The first-order chi connectivity index (χ1) is 9.24. The molecule has 3 aromatic rings. The molecule has 0 aliphatic carbocycles. The predicted molar refractivity (Wildman–Crippen MR) is 74.4 cm³/mol. The van der Waals surface area contributed by atoms with E-state index in [2.05, 4.69) is 16.5 Å². The summed E-state index contributed by atoms with van der Waals surface area (Å²) in [5, 5.41) is 8.89. The number of nitrogens with zero attached hydrogens (tertiary/aromatic N) is 2. The minimum atomic E-state index is -0.228. The summed E-state index contributed by atoms with van der Waals surface area (Å²) in [6.07, 6.45) is 0. The summed E-state index contributed by atoms with van der Waals surface area (Å²) in [6, 6.07) is 14.4. The number of hydrogen-bond donors (Lipinski definition) is 1. The Balaban J connectivity index is 1.84. The number of para-hydroxylation sites is 1. The Bertz CT molecular complexity index is 701. The zero-order valence-corrected chi connectivity index (χ0v) is 10.6. The molecule has 96 valence electrons. The van der Waals surface area contributed by atoms with Crippen LogP contribution in [-0.2, 0) is 13.6 Å². The Kier molecular flexibility index (Phi) is 2.91. The number of fused-ring (bicyclic) bond motifs is 1. The molecule has 1 N–H and O–H groups in total. The SMILES string of the molecule is Cn1nc(CNc2ccc(F)cc2)c2ccccc21. The first-order valence-electron chi connectivity index (χ1n) is 6.14. The Hall–Kier alpha value is -2.36. The van der Waals surface area contributed by atoms with Gasteiger partial charge in [-0.15, -0.1) is 0 Å². The number of halogens is 1. The van der Waals surface area contributed by atoms with E-state index in [1.54, 1.807) is 12.1 Å². The quantitative estimate of drug-likeness (QED) is 0.778. The molecule has 0 bridgehead atoms. The maximum atomic E-state index is 12.8. The minimum Gasteiger partial charge on any atom is -0.379 e. The highest BCUT2D eigenvalue weighted by Gasteiger charge is 2.07. The first-order valence-corrected chi connectivity index (χ1v) is 6.14. The number of nitrogens with one attached hydrogen (secondary N) is 1. The highest BCUT2D eigenvalue weighted by atomic mass is 19.1. The normalized spacial score (nSPS) is 10.8. The maximum Gasteiger partial charge on any atom is 0.123 e. The molecule has 2 aromatic carbocycles. The van der Waals surface area contributed by atoms with Gasteiger partial charge < -0.3 is 5.32 Å². The summed E-state index contributed by atoms with van der Waals surface area (Å²) >= 11 is 0. The van der Waals surface area contributed by atoms with Crippen molar-refractivity contribution in [1.29, 1.82) is 0 Å². The van der Waals surface area contributed by atoms with Gasteiger partial charge in [-0.3, -0.25) is 4.68 Å². The highest BCUT2D eigenvalue weighted by molar-refractivity contribution is 5.82. The lowest BCUT2D eigenvalue weighted by molar-refractivity contribution is 0.628. The third-order valence-corrected chi connectivity index (χ3v) is 3.14. The van der Waals surface area contributed by atoms with Crippen LogP contribution in [0.4, 0.5) is 10.1 Å². The molecule has 4 heteroatoms. The number of benzene rings is 2. The third-order valence-electron chi connectivity index (χ3n) is 3.14. The fourth-order valence-corrected chi connectivity index (χ4v) is 2.17. The van der Waals surface area contributed by atoms with Crippen molar-refractivity contribution in [3.63, 3.8) is 0 Å². The van der Waals surface area contributed by atoms with Crippen LogP contribution in [0.1, 0.15) is 5.69 Å². The van der Waals surface area contributed by atoms with Crippen molar-refractivity contribution in [2.75, 3.05) is 5.32 Å². The van der Waals surface area contributed by atoms with Crippen LogP contribution < -0.4 is 5.32 Å². The van der Waals surface area contributed by atoms with Crippen LogP contribution in [0.2, 0.25) is 0 Å². The van der Waals surface area contributed by atoms with Gasteiger partial charge in [-0.1, -0.05) is 18.2 Å². The fourth-order valence-electron chi connectivity index (χ4n) is 2.17. The zero-order chi connectivity index (χ0) is 13.2. The third kappa shape index (κ3) is 2.29. The molecule has 0 amide bonds. The van der Waals surface area contributed by atoms with Gasteiger partial charge in [0.15, 0.2) is 0 Å². The van der Waals surface area contributed by atoms with E-state index in [4.69, 9.17) is 0 Å². The average molecular weight is 255 g/mol. The lowest BCUT2D eigenvalue weighted by atomic mass is 10.2. The number of aromatic nitrogens is 2. The van der Waals surface area contributed by atoms with E-state index in [0.717, 1.165) is 22.3 Å². The van der Waals surface area contributed by atoms with Crippen molar-refractivity contribution in [1.82, 2.24) is 9.78 Å². The van der Waals surface area contributed by atoms with Crippen molar-refractivity contribution >= 4 is 16.6 Å².